The average Bonchev–Trinajstić information content (AvgIpc) is 3.23. The van der Waals surface area contributed by atoms with Crippen molar-refractivity contribution >= 4 is 40.8 Å². The number of ketones is 1. The van der Waals surface area contributed by atoms with Crippen LogP contribution in [0.25, 0.3) is 0 Å². The van der Waals surface area contributed by atoms with E-state index in [0.29, 0.717) is 17.2 Å². The molecular formula is C22H21N3O7S. The van der Waals surface area contributed by atoms with Crippen LogP contribution in [0.3, 0.4) is 0 Å². The number of hydrogen-bond donors (Lipinski definition) is 3. The molecule has 2 heterocycles. The maximum absolute atomic E-state index is 12.5. The third-order valence-electron chi connectivity index (χ3n) is 4.34. The standard InChI is InChI=1S/C22H21N3O7S/c1-12(23)20(13(2)26)16(27)9-30-22(29)15-4-3-7-24-21(15)33-10-19(28)25-14-5-6-17-18(8-14)32-11-31-17/h3-8,23,27H,9-11H2,1-2H3,(H,25,28)/b20-16-,23-12?. The second-order valence-corrected chi connectivity index (χ2v) is 7.80. The minimum Gasteiger partial charge on any atom is -0.508 e. The third kappa shape index (κ3) is 6.10. The van der Waals surface area contributed by atoms with Crippen molar-refractivity contribution in [1.82, 2.24) is 4.98 Å². The van der Waals surface area contributed by atoms with Crippen LogP contribution in [0.2, 0.25) is 0 Å². The van der Waals surface area contributed by atoms with Crippen molar-refractivity contribution in [3.8, 4) is 11.5 Å². The number of pyridine rings is 1. The molecule has 11 heteroatoms. The predicted octanol–water partition coefficient (Wildman–Crippen LogP) is 3.14. The Morgan fingerprint density at radius 1 is 1.21 bits per heavy atom. The number of ether oxygens (including phenoxy) is 3. The van der Waals surface area contributed by atoms with Crippen LogP contribution in [-0.4, -0.2) is 52.6 Å². The summed E-state index contributed by atoms with van der Waals surface area (Å²) in [5.74, 6) is -1.02. The summed E-state index contributed by atoms with van der Waals surface area (Å²) in [6.07, 6.45) is 1.47. The molecule has 3 rings (SSSR count). The molecule has 0 atom stereocenters. The van der Waals surface area contributed by atoms with Crippen LogP contribution in [0.4, 0.5) is 5.69 Å². The van der Waals surface area contributed by atoms with Crippen LogP contribution in [0.1, 0.15) is 24.2 Å². The molecule has 0 saturated carbocycles. The van der Waals surface area contributed by atoms with Gasteiger partial charge in [-0.15, -0.1) is 0 Å². The van der Waals surface area contributed by atoms with Gasteiger partial charge in [0.2, 0.25) is 12.7 Å². The third-order valence-corrected chi connectivity index (χ3v) is 5.35. The Morgan fingerprint density at radius 3 is 2.70 bits per heavy atom. The van der Waals surface area contributed by atoms with Gasteiger partial charge in [0, 0.05) is 23.7 Å². The van der Waals surface area contributed by atoms with E-state index in [9.17, 15) is 19.5 Å². The largest absolute Gasteiger partial charge is 0.508 e. The monoisotopic (exact) mass is 471 g/mol. The number of amides is 1. The second kappa shape index (κ2) is 10.6. The first-order chi connectivity index (χ1) is 15.8. The fourth-order valence-corrected chi connectivity index (χ4v) is 3.72. The predicted molar refractivity (Wildman–Crippen MR) is 120 cm³/mol. The van der Waals surface area contributed by atoms with Crippen molar-refractivity contribution in [2.75, 3.05) is 24.5 Å². The van der Waals surface area contributed by atoms with Gasteiger partial charge in [-0.25, -0.2) is 9.78 Å². The zero-order valence-corrected chi connectivity index (χ0v) is 18.7. The molecule has 0 fully saturated rings. The van der Waals surface area contributed by atoms with E-state index in [1.807, 2.05) is 0 Å². The fraction of sp³-hybridized carbons (Fsp3) is 0.227. The molecule has 172 valence electrons. The summed E-state index contributed by atoms with van der Waals surface area (Å²) in [5.41, 5.74) is 0.295. The Kier molecular flexibility index (Phi) is 7.67. The lowest BCUT2D eigenvalue weighted by Crippen LogP contribution is -2.16. The number of nitrogens with zero attached hydrogens (tertiary/aromatic N) is 1. The molecule has 3 N–H and O–H groups in total. The quantitative estimate of drug-likeness (QED) is 0.165. The summed E-state index contributed by atoms with van der Waals surface area (Å²) in [5, 5.41) is 20.6. The SMILES string of the molecule is CC(=N)/C(C(C)=O)=C(/O)COC(=O)c1cccnc1SCC(=O)Nc1ccc2c(c1)OCO2. The second-order valence-electron chi connectivity index (χ2n) is 6.84. The number of aliphatic hydroxyl groups is 1. The van der Waals surface area contributed by atoms with Crippen LogP contribution in [0, 0.1) is 5.41 Å². The van der Waals surface area contributed by atoms with E-state index in [1.165, 1.54) is 32.2 Å². The summed E-state index contributed by atoms with van der Waals surface area (Å²) in [7, 11) is 0. The number of nitrogens with one attached hydrogen (secondary N) is 2. The van der Waals surface area contributed by atoms with E-state index in [2.05, 4.69) is 10.3 Å². The molecule has 1 amide bonds. The smallest absolute Gasteiger partial charge is 0.341 e. The topological polar surface area (TPSA) is 148 Å². The van der Waals surface area contributed by atoms with Gasteiger partial charge in [0.1, 0.15) is 17.4 Å². The highest BCUT2D eigenvalue weighted by Gasteiger charge is 2.19. The molecule has 0 aliphatic carbocycles. The van der Waals surface area contributed by atoms with Crippen molar-refractivity contribution in [2.24, 2.45) is 0 Å². The van der Waals surface area contributed by atoms with Gasteiger partial charge >= 0.3 is 5.97 Å². The number of rotatable bonds is 9. The number of benzene rings is 1. The zero-order valence-electron chi connectivity index (χ0n) is 17.8. The lowest BCUT2D eigenvalue weighted by atomic mass is 10.1. The summed E-state index contributed by atoms with van der Waals surface area (Å²) >= 11 is 1.04. The Hall–Kier alpha value is -3.86. The molecule has 1 aromatic carbocycles. The normalized spacial score (nSPS) is 12.5. The molecule has 10 nitrogen and oxygen atoms in total. The highest BCUT2D eigenvalue weighted by Crippen LogP contribution is 2.34. The van der Waals surface area contributed by atoms with Crippen molar-refractivity contribution in [3.63, 3.8) is 0 Å². The van der Waals surface area contributed by atoms with Crippen LogP contribution in [-0.2, 0) is 14.3 Å². The van der Waals surface area contributed by atoms with Gasteiger partial charge in [-0.05, 0) is 38.1 Å². The van der Waals surface area contributed by atoms with Gasteiger partial charge in [-0.3, -0.25) is 9.59 Å². The van der Waals surface area contributed by atoms with Crippen molar-refractivity contribution in [1.29, 1.82) is 5.41 Å². The molecule has 33 heavy (non-hydrogen) atoms. The molecule has 2 aromatic rings. The van der Waals surface area contributed by atoms with Crippen LogP contribution < -0.4 is 14.8 Å². The molecule has 1 aliphatic heterocycles. The first kappa shape index (κ1) is 23.8. The van der Waals surface area contributed by atoms with Crippen molar-refractivity contribution in [2.45, 2.75) is 18.9 Å². The number of carbonyl (C=O) groups excluding carboxylic acids is 3. The minimum absolute atomic E-state index is 0.0294. The maximum Gasteiger partial charge on any atom is 0.341 e. The Bertz CT molecular complexity index is 1130. The summed E-state index contributed by atoms with van der Waals surface area (Å²) in [6.45, 7) is 2.11. The van der Waals surface area contributed by atoms with Gasteiger partial charge in [0.05, 0.1) is 16.9 Å². The van der Waals surface area contributed by atoms with Crippen LogP contribution in [0.15, 0.2) is 52.9 Å². The number of fused-ring (bicyclic) bond motifs is 1. The van der Waals surface area contributed by atoms with Crippen LogP contribution >= 0.6 is 11.8 Å². The Labute approximate surface area is 193 Å². The molecule has 0 saturated heterocycles. The first-order valence-electron chi connectivity index (χ1n) is 9.69. The molecule has 0 unspecified atom stereocenters. The van der Waals surface area contributed by atoms with Gasteiger partial charge in [0.25, 0.3) is 0 Å². The summed E-state index contributed by atoms with van der Waals surface area (Å²) in [4.78, 5) is 40.5. The number of carbonyl (C=O) groups is 3. The number of Topliss-reactive ketones (excluding diaryl/α,β-unsaturated/α-hetero) is 1. The number of allylic oxidation sites excluding steroid dienone is 1. The number of aromatic nitrogens is 1. The highest BCUT2D eigenvalue weighted by atomic mass is 32.2. The van der Waals surface area contributed by atoms with E-state index in [1.54, 1.807) is 18.2 Å². The fourth-order valence-electron chi connectivity index (χ4n) is 2.93. The lowest BCUT2D eigenvalue weighted by molar-refractivity contribution is -0.114. The molecule has 0 radical (unpaired) electrons. The number of anilines is 1. The van der Waals surface area contributed by atoms with Gasteiger partial charge in [-0.2, -0.15) is 0 Å². The zero-order chi connectivity index (χ0) is 24.0. The highest BCUT2D eigenvalue weighted by molar-refractivity contribution is 8.00. The van der Waals surface area contributed by atoms with Gasteiger partial charge in [0.15, 0.2) is 17.3 Å². The Morgan fingerprint density at radius 2 is 1.97 bits per heavy atom. The Balaban J connectivity index is 1.61. The van der Waals surface area contributed by atoms with E-state index in [-0.39, 0.29) is 40.3 Å². The lowest BCUT2D eigenvalue weighted by Gasteiger charge is -2.10. The van der Waals surface area contributed by atoms with E-state index in [4.69, 9.17) is 19.6 Å². The number of aliphatic hydroxyl groups excluding tert-OH is 1. The van der Waals surface area contributed by atoms with E-state index >= 15 is 0 Å². The number of thioether (sulfide) groups is 1. The molecule has 1 aromatic heterocycles. The first-order valence-corrected chi connectivity index (χ1v) is 10.7. The van der Waals surface area contributed by atoms with Crippen molar-refractivity contribution < 1.29 is 33.7 Å². The van der Waals surface area contributed by atoms with Gasteiger partial charge in [-0.1, -0.05) is 11.8 Å². The average molecular weight is 471 g/mol. The maximum atomic E-state index is 12.5. The van der Waals surface area contributed by atoms with Crippen molar-refractivity contribution in [3.05, 3.63) is 53.4 Å². The minimum atomic E-state index is -0.793. The van der Waals surface area contributed by atoms with Crippen LogP contribution in [0.5, 0.6) is 11.5 Å². The molecular weight excluding hydrogens is 450 g/mol. The van der Waals surface area contributed by atoms with Gasteiger partial charge < -0.3 is 30.0 Å². The molecule has 1 aliphatic rings. The summed E-state index contributed by atoms with van der Waals surface area (Å²) < 4.78 is 15.6. The molecule has 0 bridgehead atoms. The van der Waals surface area contributed by atoms with E-state index < -0.39 is 24.1 Å². The van der Waals surface area contributed by atoms with E-state index in [0.717, 1.165) is 11.8 Å². The molecule has 0 spiro atoms. The number of esters is 1. The summed E-state index contributed by atoms with van der Waals surface area (Å²) in [6, 6.07) is 8.04. The number of hydrogen-bond acceptors (Lipinski definition) is 10.